The number of aryl methyl sites for hydroxylation is 2. The summed E-state index contributed by atoms with van der Waals surface area (Å²) in [5.41, 5.74) is 10.3. The Kier molecular flexibility index (Phi) is 8.55. The van der Waals surface area contributed by atoms with E-state index in [9.17, 15) is 10.1 Å². The van der Waals surface area contributed by atoms with Gasteiger partial charge in [-0.15, -0.1) is 0 Å². The van der Waals surface area contributed by atoms with Gasteiger partial charge in [0, 0.05) is 11.6 Å². The number of carbonyl (C=O) groups excluding carboxylic acids is 1. The van der Waals surface area contributed by atoms with Crippen molar-refractivity contribution in [2.45, 2.75) is 46.0 Å². The van der Waals surface area contributed by atoms with Crippen molar-refractivity contribution in [3.05, 3.63) is 94.4 Å². The Balaban J connectivity index is 1.47. The molecule has 3 aromatic carbocycles. The first kappa shape index (κ1) is 26.6. The second kappa shape index (κ2) is 12.2. The third-order valence-corrected chi connectivity index (χ3v) is 6.49. The highest BCUT2D eigenvalue weighted by molar-refractivity contribution is 5.74. The van der Waals surface area contributed by atoms with E-state index >= 15 is 0 Å². The first-order chi connectivity index (χ1) is 18.4. The molecule has 0 fully saturated rings. The van der Waals surface area contributed by atoms with Crippen LogP contribution >= 0.6 is 0 Å². The molecule has 0 aliphatic carbocycles. The van der Waals surface area contributed by atoms with Crippen molar-refractivity contribution in [1.29, 1.82) is 5.26 Å². The Morgan fingerprint density at radius 1 is 0.947 bits per heavy atom. The Hall–Kier alpha value is -4.44. The largest absolute Gasteiger partial charge is 0.494 e. The zero-order valence-electron chi connectivity index (χ0n) is 22.0. The minimum Gasteiger partial charge on any atom is -0.494 e. The topological polar surface area (TPSA) is 104 Å². The van der Waals surface area contributed by atoms with Crippen molar-refractivity contribution in [3.8, 4) is 29.1 Å². The summed E-state index contributed by atoms with van der Waals surface area (Å²) in [4.78, 5) is 12.4. The standard InChI is InChI=1S/C31H32N2O5/c1-4-5-6-15-35-23-11-8-22(9-12-23)30-26-14-13-25(17-28(26)38-31(33)27(30)18-32)37-29(34)19-36-24-10-7-20(2)21(3)16-24/h7-14,16-17,30H,4-6,15,19,33H2,1-3H3. The number of hydrogen-bond donors (Lipinski definition) is 1. The average Bonchev–Trinajstić information content (AvgIpc) is 2.91. The third-order valence-electron chi connectivity index (χ3n) is 6.49. The molecule has 2 N–H and O–H groups in total. The van der Waals surface area contributed by atoms with Crippen LogP contribution in [-0.4, -0.2) is 19.2 Å². The number of hydrogen-bond acceptors (Lipinski definition) is 7. The summed E-state index contributed by atoms with van der Waals surface area (Å²) in [5, 5.41) is 9.82. The maximum Gasteiger partial charge on any atom is 0.349 e. The van der Waals surface area contributed by atoms with E-state index in [1.807, 2.05) is 56.3 Å². The lowest BCUT2D eigenvalue weighted by atomic mass is 9.83. The SMILES string of the molecule is CCCCCOc1ccc(C2C(C#N)=C(N)Oc3cc(OC(=O)COc4ccc(C)c(C)c4)ccc32)cc1. The number of esters is 1. The summed E-state index contributed by atoms with van der Waals surface area (Å²) >= 11 is 0. The van der Waals surface area contributed by atoms with E-state index in [4.69, 9.17) is 24.7 Å². The fourth-order valence-corrected chi connectivity index (χ4v) is 4.25. The molecular weight excluding hydrogens is 480 g/mol. The molecule has 0 radical (unpaired) electrons. The number of benzene rings is 3. The Morgan fingerprint density at radius 2 is 1.68 bits per heavy atom. The van der Waals surface area contributed by atoms with Crippen LogP contribution in [-0.2, 0) is 4.79 Å². The highest BCUT2D eigenvalue weighted by atomic mass is 16.6. The number of unbranched alkanes of at least 4 members (excludes halogenated alkanes) is 2. The Bertz CT molecular complexity index is 1370. The van der Waals surface area contributed by atoms with E-state index in [1.165, 1.54) is 0 Å². The van der Waals surface area contributed by atoms with Gasteiger partial charge in [-0.1, -0.05) is 44.0 Å². The van der Waals surface area contributed by atoms with E-state index in [0.29, 0.717) is 29.4 Å². The van der Waals surface area contributed by atoms with Crippen LogP contribution in [0.25, 0.3) is 0 Å². The summed E-state index contributed by atoms with van der Waals surface area (Å²) in [7, 11) is 0. The number of rotatable bonds is 10. The second-order valence-corrected chi connectivity index (χ2v) is 9.26. The van der Waals surface area contributed by atoms with Crippen LogP contribution in [0.3, 0.4) is 0 Å². The molecule has 1 aliphatic rings. The van der Waals surface area contributed by atoms with Gasteiger partial charge in [0.25, 0.3) is 0 Å². The van der Waals surface area contributed by atoms with Gasteiger partial charge in [-0.2, -0.15) is 5.26 Å². The molecule has 0 amide bonds. The van der Waals surface area contributed by atoms with Gasteiger partial charge in [0.05, 0.1) is 12.5 Å². The maximum atomic E-state index is 12.4. The quantitative estimate of drug-likeness (QED) is 0.200. The van der Waals surface area contributed by atoms with Crippen molar-refractivity contribution in [2.24, 2.45) is 5.73 Å². The van der Waals surface area contributed by atoms with Crippen molar-refractivity contribution < 1.29 is 23.7 Å². The van der Waals surface area contributed by atoms with Crippen LogP contribution < -0.4 is 24.7 Å². The number of allylic oxidation sites excluding steroid dienone is 1. The number of nitrogens with zero attached hydrogens (tertiary/aromatic N) is 1. The van der Waals surface area contributed by atoms with Gasteiger partial charge in [-0.05, 0) is 67.3 Å². The Labute approximate surface area is 223 Å². The lowest BCUT2D eigenvalue weighted by molar-refractivity contribution is -0.136. The Morgan fingerprint density at radius 3 is 2.39 bits per heavy atom. The summed E-state index contributed by atoms with van der Waals surface area (Å²) in [6.07, 6.45) is 3.27. The highest BCUT2D eigenvalue weighted by Gasteiger charge is 2.31. The predicted octanol–water partition coefficient (Wildman–Crippen LogP) is 6.08. The molecule has 1 unspecified atom stereocenters. The van der Waals surface area contributed by atoms with E-state index in [-0.39, 0.29) is 12.5 Å². The molecule has 3 aromatic rings. The second-order valence-electron chi connectivity index (χ2n) is 9.26. The fourth-order valence-electron chi connectivity index (χ4n) is 4.25. The zero-order chi connectivity index (χ0) is 27.1. The van der Waals surface area contributed by atoms with E-state index < -0.39 is 11.9 Å². The number of carbonyl (C=O) groups is 1. The minimum absolute atomic E-state index is 0.0199. The van der Waals surface area contributed by atoms with Gasteiger partial charge in [0.15, 0.2) is 6.61 Å². The van der Waals surface area contributed by atoms with E-state index in [1.54, 1.807) is 18.2 Å². The van der Waals surface area contributed by atoms with Gasteiger partial charge in [0.1, 0.15) is 34.6 Å². The van der Waals surface area contributed by atoms with Gasteiger partial charge >= 0.3 is 5.97 Å². The molecule has 0 spiro atoms. The lowest BCUT2D eigenvalue weighted by Gasteiger charge is -2.26. The number of nitrogens with two attached hydrogens (primary N) is 1. The molecule has 7 nitrogen and oxygen atoms in total. The molecule has 0 saturated heterocycles. The third kappa shape index (κ3) is 6.27. The molecule has 196 valence electrons. The summed E-state index contributed by atoms with van der Waals surface area (Å²) in [5.74, 6) is 1.14. The number of nitriles is 1. The first-order valence-corrected chi connectivity index (χ1v) is 12.7. The molecule has 0 aromatic heterocycles. The monoisotopic (exact) mass is 512 g/mol. The maximum absolute atomic E-state index is 12.4. The molecule has 4 rings (SSSR count). The summed E-state index contributed by atoms with van der Waals surface area (Å²) < 4.78 is 22.6. The number of fused-ring (bicyclic) bond motifs is 1. The average molecular weight is 513 g/mol. The molecule has 0 saturated carbocycles. The molecule has 38 heavy (non-hydrogen) atoms. The van der Waals surface area contributed by atoms with E-state index in [2.05, 4.69) is 13.0 Å². The highest BCUT2D eigenvalue weighted by Crippen LogP contribution is 2.43. The van der Waals surface area contributed by atoms with Crippen LogP contribution in [0.4, 0.5) is 0 Å². The van der Waals surface area contributed by atoms with Crippen LogP contribution in [0.2, 0.25) is 0 Å². The van der Waals surface area contributed by atoms with Crippen LogP contribution in [0, 0.1) is 25.2 Å². The molecule has 7 heteroatoms. The molecular formula is C31H32N2O5. The lowest BCUT2D eigenvalue weighted by Crippen LogP contribution is -2.21. The molecule has 1 aliphatic heterocycles. The van der Waals surface area contributed by atoms with Gasteiger partial charge in [0.2, 0.25) is 5.88 Å². The van der Waals surface area contributed by atoms with Crippen LogP contribution in [0.1, 0.15) is 54.4 Å². The summed E-state index contributed by atoms with van der Waals surface area (Å²) in [6.45, 7) is 6.57. The van der Waals surface area contributed by atoms with Crippen molar-refractivity contribution in [3.63, 3.8) is 0 Å². The van der Waals surface area contributed by atoms with Gasteiger partial charge in [-0.3, -0.25) is 0 Å². The minimum atomic E-state index is -0.550. The molecule has 0 bridgehead atoms. The van der Waals surface area contributed by atoms with Crippen LogP contribution in [0.15, 0.2) is 72.1 Å². The van der Waals surface area contributed by atoms with Crippen molar-refractivity contribution in [1.82, 2.24) is 0 Å². The fraction of sp³-hybridized carbons (Fsp3) is 0.290. The van der Waals surface area contributed by atoms with Crippen molar-refractivity contribution in [2.75, 3.05) is 13.2 Å². The van der Waals surface area contributed by atoms with Gasteiger partial charge in [-0.25, -0.2) is 4.79 Å². The van der Waals surface area contributed by atoms with Crippen molar-refractivity contribution >= 4 is 5.97 Å². The predicted molar refractivity (Wildman–Crippen MR) is 144 cm³/mol. The zero-order valence-corrected chi connectivity index (χ0v) is 22.0. The summed E-state index contributed by atoms with van der Waals surface area (Å²) in [6, 6.07) is 20.5. The number of ether oxygens (including phenoxy) is 4. The first-order valence-electron chi connectivity index (χ1n) is 12.7. The van der Waals surface area contributed by atoms with E-state index in [0.717, 1.165) is 47.3 Å². The molecule has 1 atom stereocenters. The smallest absolute Gasteiger partial charge is 0.349 e. The normalized spacial score (nSPS) is 14.2. The van der Waals surface area contributed by atoms with Crippen LogP contribution in [0.5, 0.6) is 23.0 Å². The molecule has 1 heterocycles. The van der Waals surface area contributed by atoms with Gasteiger partial charge < -0.3 is 24.7 Å².